The van der Waals surface area contributed by atoms with Crippen molar-refractivity contribution >= 4 is 17.1 Å². The molecule has 29 heavy (non-hydrogen) atoms. The Hall–Kier alpha value is -3.67. The fourth-order valence-electron chi connectivity index (χ4n) is 3.07. The average Bonchev–Trinajstić information content (AvgIpc) is 3.15. The number of carbonyl (C=O) groups is 1. The summed E-state index contributed by atoms with van der Waals surface area (Å²) < 4.78 is 11.3. The van der Waals surface area contributed by atoms with E-state index in [1.54, 1.807) is 6.20 Å². The second-order valence-electron chi connectivity index (χ2n) is 6.93. The summed E-state index contributed by atoms with van der Waals surface area (Å²) in [5.41, 5.74) is 5.29. The smallest absolute Gasteiger partial charge is 0.258 e. The number of amides is 1. The number of pyridine rings is 1. The predicted molar refractivity (Wildman–Crippen MR) is 110 cm³/mol. The molecule has 0 spiro atoms. The first kappa shape index (κ1) is 18.7. The van der Waals surface area contributed by atoms with Gasteiger partial charge in [0.05, 0.1) is 0 Å². The van der Waals surface area contributed by atoms with E-state index < -0.39 is 0 Å². The van der Waals surface area contributed by atoms with E-state index in [9.17, 15) is 4.79 Å². The van der Waals surface area contributed by atoms with Crippen molar-refractivity contribution in [1.29, 1.82) is 0 Å². The minimum Gasteiger partial charge on any atom is -0.484 e. The van der Waals surface area contributed by atoms with Crippen molar-refractivity contribution in [1.82, 2.24) is 15.3 Å². The molecule has 0 aliphatic rings. The van der Waals surface area contributed by atoms with Crippen LogP contribution in [-0.4, -0.2) is 22.5 Å². The molecule has 0 aliphatic carbocycles. The minimum absolute atomic E-state index is 0.0170. The van der Waals surface area contributed by atoms with Crippen LogP contribution in [0.5, 0.6) is 5.75 Å². The van der Waals surface area contributed by atoms with E-state index in [1.807, 2.05) is 62.4 Å². The largest absolute Gasteiger partial charge is 0.484 e. The molecule has 0 saturated carbocycles. The number of nitrogens with one attached hydrogen (secondary N) is 1. The molecule has 6 heteroatoms. The maximum atomic E-state index is 12.1. The third-order valence-electron chi connectivity index (χ3n) is 4.42. The highest BCUT2D eigenvalue weighted by Crippen LogP contribution is 2.23. The third-order valence-corrected chi connectivity index (χ3v) is 4.42. The lowest BCUT2D eigenvalue weighted by molar-refractivity contribution is -0.123. The van der Waals surface area contributed by atoms with E-state index in [-0.39, 0.29) is 12.5 Å². The van der Waals surface area contributed by atoms with Crippen LogP contribution >= 0.6 is 0 Å². The van der Waals surface area contributed by atoms with Crippen LogP contribution in [0.4, 0.5) is 0 Å². The molecule has 0 fully saturated rings. The van der Waals surface area contributed by atoms with Gasteiger partial charge in [0, 0.05) is 18.3 Å². The fourth-order valence-corrected chi connectivity index (χ4v) is 3.07. The highest BCUT2D eigenvalue weighted by atomic mass is 16.5. The SMILES string of the molecule is Cc1cc(C)cc(OCC(=O)NCc2ccc(-c3nc4ncccc4o3)cc2)c1. The van der Waals surface area contributed by atoms with Crippen LogP contribution in [-0.2, 0) is 11.3 Å². The second-order valence-corrected chi connectivity index (χ2v) is 6.93. The lowest BCUT2D eigenvalue weighted by atomic mass is 10.1. The van der Waals surface area contributed by atoms with Crippen molar-refractivity contribution in [2.45, 2.75) is 20.4 Å². The molecule has 4 rings (SSSR count). The molecule has 146 valence electrons. The van der Waals surface area contributed by atoms with Crippen molar-refractivity contribution < 1.29 is 13.9 Å². The number of hydrogen-bond donors (Lipinski definition) is 1. The quantitative estimate of drug-likeness (QED) is 0.536. The Balaban J connectivity index is 1.32. The first-order valence-electron chi connectivity index (χ1n) is 9.35. The molecule has 1 amide bonds. The number of hydrogen-bond acceptors (Lipinski definition) is 5. The first-order valence-corrected chi connectivity index (χ1v) is 9.35. The van der Waals surface area contributed by atoms with Crippen molar-refractivity contribution in [3.05, 3.63) is 77.5 Å². The summed E-state index contributed by atoms with van der Waals surface area (Å²) in [5, 5.41) is 2.87. The van der Waals surface area contributed by atoms with Crippen LogP contribution in [0.15, 0.2) is 65.2 Å². The molecule has 0 aliphatic heterocycles. The van der Waals surface area contributed by atoms with E-state index >= 15 is 0 Å². The molecule has 2 aromatic carbocycles. The zero-order valence-electron chi connectivity index (χ0n) is 16.3. The van der Waals surface area contributed by atoms with Gasteiger partial charge in [-0.05, 0) is 66.9 Å². The standard InChI is InChI=1S/C23H21N3O3/c1-15-10-16(2)12-19(11-15)28-14-21(27)25-13-17-5-7-18(8-6-17)23-26-22-20(29-23)4-3-9-24-22/h3-12H,13-14H2,1-2H3,(H,25,27). The molecule has 0 atom stereocenters. The third kappa shape index (κ3) is 4.60. The van der Waals surface area contributed by atoms with Gasteiger partial charge in [0.1, 0.15) is 5.75 Å². The van der Waals surface area contributed by atoms with E-state index in [2.05, 4.69) is 21.4 Å². The Morgan fingerprint density at radius 3 is 2.55 bits per heavy atom. The van der Waals surface area contributed by atoms with E-state index in [1.165, 1.54) is 0 Å². The summed E-state index contributed by atoms with van der Waals surface area (Å²) in [7, 11) is 0. The molecule has 2 aromatic heterocycles. The number of benzene rings is 2. The number of ether oxygens (including phenoxy) is 1. The summed E-state index contributed by atoms with van der Waals surface area (Å²) in [6.45, 7) is 4.41. The van der Waals surface area contributed by atoms with Gasteiger partial charge in [-0.15, -0.1) is 0 Å². The normalized spacial score (nSPS) is 10.8. The Morgan fingerprint density at radius 1 is 1.07 bits per heavy atom. The molecule has 2 heterocycles. The molecule has 4 aromatic rings. The molecular formula is C23H21N3O3. The number of aryl methyl sites for hydroxylation is 2. The zero-order chi connectivity index (χ0) is 20.2. The van der Waals surface area contributed by atoms with Crippen LogP contribution in [0.3, 0.4) is 0 Å². The Kier molecular flexibility index (Phi) is 5.24. The molecule has 0 radical (unpaired) electrons. The van der Waals surface area contributed by atoms with Gasteiger partial charge in [-0.2, -0.15) is 4.98 Å². The van der Waals surface area contributed by atoms with Crippen molar-refractivity contribution in [2.24, 2.45) is 0 Å². The molecule has 6 nitrogen and oxygen atoms in total. The molecule has 1 N–H and O–H groups in total. The van der Waals surface area contributed by atoms with Crippen LogP contribution in [0, 0.1) is 13.8 Å². The summed E-state index contributed by atoms with van der Waals surface area (Å²) in [6.07, 6.45) is 1.68. The van der Waals surface area contributed by atoms with Gasteiger partial charge in [0.15, 0.2) is 17.8 Å². The second kappa shape index (κ2) is 8.14. The van der Waals surface area contributed by atoms with Crippen LogP contribution in [0.2, 0.25) is 0 Å². The first-order chi connectivity index (χ1) is 14.1. The minimum atomic E-state index is -0.168. The topological polar surface area (TPSA) is 77.2 Å². The van der Waals surface area contributed by atoms with Gasteiger partial charge in [0.25, 0.3) is 5.91 Å². The van der Waals surface area contributed by atoms with E-state index in [0.29, 0.717) is 29.4 Å². The van der Waals surface area contributed by atoms with Crippen LogP contribution in [0.25, 0.3) is 22.7 Å². The van der Waals surface area contributed by atoms with E-state index in [0.717, 1.165) is 22.3 Å². The highest BCUT2D eigenvalue weighted by Gasteiger charge is 2.09. The fraction of sp³-hybridized carbons (Fsp3) is 0.174. The van der Waals surface area contributed by atoms with E-state index in [4.69, 9.17) is 9.15 Å². The lowest BCUT2D eigenvalue weighted by Gasteiger charge is -2.09. The highest BCUT2D eigenvalue weighted by molar-refractivity contribution is 5.77. The Labute approximate surface area is 168 Å². The maximum Gasteiger partial charge on any atom is 0.258 e. The van der Waals surface area contributed by atoms with Crippen molar-refractivity contribution in [3.8, 4) is 17.2 Å². The molecule has 0 saturated heterocycles. The number of rotatable bonds is 6. The van der Waals surface area contributed by atoms with Gasteiger partial charge in [-0.25, -0.2) is 4.98 Å². The van der Waals surface area contributed by atoms with Crippen LogP contribution in [0.1, 0.15) is 16.7 Å². The number of nitrogens with zero attached hydrogens (tertiary/aromatic N) is 2. The van der Waals surface area contributed by atoms with Gasteiger partial charge in [-0.1, -0.05) is 18.2 Å². The Morgan fingerprint density at radius 2 is 1.83 bits per heavy atom. The van der Waals surface area contributed by atoms with Gasteiger partial charge in [-0.3, -0.25) is 4.79 Å². The lowest BCUT2D eigenvalue weighted by Crippen LogP contribution is -2.28. The number of oxazole rings is 1. The van der Waals surface area contributed by atoms with Crippen molar-refractivity contribution in [2.75, 3.05) is 6.61 Å². The summed E-state index contributed by atoms with van der Waals surface area (Å²) in [5.74, 6) is 1.06. The molecular weight excluding hydrogens is 366 g/mol. The molecule has 0 unspecified atom stereocenters. The molecule has 0 bridgehead atoms. The van der Waals surface area contributed by atoms with Gasteiger partial charge >= 0.3 is 0 Å². The van der Waals surface area contributed by atoms with Gasteiger partial charge < -0.3 is 14.5 Å². The maximum absolute atomic E-state index is 12.1. The average molecular weight is 387 g/mol. The van der Waals surface area contributed by atoms with Crippen molar-refractivity contribution in [3.63, 3.8) is 0 Å². The monoisotopic (exact) mass is 387 g/mol. The number of fused-ring (bicyclic) bond motifs is 1. The summed E-state index contributed by atoms with van der Waals surface area (Å²) in [4.78, 5) is 20.6. The summed E-state index contributed by atoms with van der Waals surface area (Å²) in [6, 6.07) is 17.2. The van der Waals surface area contributed by atoms with Gasteiger partial charge in [0.2, 0.25) is 5.89 Å². The summed E-state index contributed by atoms with van der Waals surface area (Å²) >= 11 is 0. The number of aromatic nitrogens is 2. The number of carbonyl (C=O) groups excluding carboxylic acids is 1. The van der Waals surface area contributed by atoms with Crippen LogP contribution < -0.4 is 10.1 Å². The Bertz CT molecular complexity index is 1100. The predicted octanol–water partition coefficient (Wildman–Crippen LogP) is 4.20. The zero-order valence-corrected chi connectivity index (χ0v) is 16.3.